The fourth-order valence-electron chi connectivity index (χ4n) is 3.78. The normalized spacial score (nSPS) is 14.2. The van der Waals surface area contributed by atoms with Crippen LogP contribution in [-0.2, 0) is 25.4 Å². The molecule has 2 aromatic rings. The van der Waals surface area contributed by atoms with Crippen molar-refractivity contribution in [2.24, 2.45) is 0 Å². The van der Waals surface area contributed by atoms with Crippen LogP contribution in [0.4, 0.5) is 0 Å². The number of phenols is 1. The Bertz CT molecular complexity index is 1120. The second-order valence-corrected chi connectivity index (χ2v) is 8.36. The topological polar surface area (TPSA) is 94.1 Å². The van der Waals surface area contributed by atoms with E-state index in [4.69, 9.17) is 37.4 Å². The number of benzene rings is 2. The van der Waals surface area contributed by atoms with Gasteiger partial charge in [0.05, 0.1) is 42.5 Å². The predicted octanol–water partition coefficient (Wildman–Crippen LogP) is 4.89. The molecule has 7 nitrogen and oxygen atoms in total. The van der Waals surface area contributed by atoms with Gasteiger partial charge in [-0.3, -0.25) is 4.79 Å². The molecule has 3 rings (SSSR count). The first-order chi connectivity index (χ1) is 16.3. The number of aromatic hydroxyl groups is 1. The summed E-state index contributed by atoms with van der Waals surface area (Å²) in [4.78, 5) is 25.2. The van der Waals surface area contributed by atoms with Gasteiger partial charge < -0.3 is 24.6 Å². The maximum absolute atomic E-state index is 12.8. The quantitative estimate of drug-likeness (QED) is 0.495. The van der Waals surface area contributed by atoms with E-state index in [-0.39, 0.29) is 27.8 Å². The number of amides is 1. The number of hydrogen-bond donors (Lipinski definition) is 2. The SMILES string of the molecule is COC(=O)C(Cc1ccc(C2=C(OC)CCC=C2OC)cc1)NC(=O)c1c(Cl)cc(O)cc1Cl. The van der Waals surface area contributed by atoms with Gasteiger partial charge in [-0.1, -0.05) is 47.5 Å². The summed E-state index contributed by atoms with van der Waals surface area (Å²) in [5, 5.41) is 12.1. The van der Waals surface area contributed by atoms with Crippen LogP contribution in [0.25, 0.3) is 5.57 Å². The van der Waals surface area contributed by atoms with Crippen molar-refractivity contribution in [3.8, 4) is 5.75 Å². The molecule has 0 saturated heterocycles. The van der Waals surface area contributed by atoms with Gasteiger partial charge in [-0.2, -0.15) is 0 Å². The molecule has 9 heteroatoms. The third-order valence-corrected chi connectivity index (χ3v) is 6.02. The fraction of sp³-hybridized carbons (Fsp3) is 0.280. The zero-order valence-corrected chi connectivity index (χ0v) is 20.5. The van der Waals surface area contributed by atoms with Crippen LogP contribution in [-0.4, -0.2) is 44.4 Å². The lowest BCUT2D eigenvalue weighted by Crippen LogP contribution is -2.43. The number of methoxy groups -OCH3 is 3. The van der Waals surface area contributed by atoms with Crippen molar-refractivity contribution >= 4 is 40.7 Å². The monoisotopic (exact) mass is 505 g/mol. The number of carbonyl (C=O) groups is 2. The molecular weight excluding hydrogens is 481 g/mol. The summed E-state index contributed by atoms with van der Waals surface area (Å²) in [5.74, 6) is 0.138. The van der Waals surface area contributed by atoms with Gasteiger partial charge in [-0.15, -0.1) is 0 Å². The van der Waals surface area contributed by atoms with Gasteiger partial charge in [0.15, 0.2) is 0 Å². The summed E-state index contributed by atoms with van der Waals surface area (Å²) in [7, 11) is 4.50. The number of allylic oxidation sites excluding steroid dienone is 3. The number of hydrogen-bond acceptors (Lipinski definition) is 6. The van der Waals surface area contributed by atoms with Gasteiger partial charge in [0.25, 0.3) is 5.91 Å². The first kappa shape index (κ1) is 25.5. The molecule has 1 unspecified atom stereocenters. The van der Waals surface area contributed by atoms with Crippen LogP contribution >= 0.6 is 23.2 Å². The maximum Gasteiger partial charge on any atom is 0.328 e. The third kappa shape index (κ3) is 5.66. The van der Waals surface area contributed by atoms with E-state index in [9.17, 15) is 14.7 Å². The number of esters is 1. The molecule has 1 aliphatic carbocycles. The van der Waals surface area contributed by atoms with Gasteiger partial charge in [0, 0.05) is 12.8 Å². The molecule has 0 aliphatic heterocycles. The minimum atomic E-state index is -0.984. The summed E-state index contributed by atoms with van der Waals surface area (Å²) in [6, 6.07) is 8.95. The van der Waals surface area contributed by atoms with Crippen molar-refractivity contribution in [1.29, 1.82) is 0 Å². The zero-order chi connectivity index (χ0) is 24.8. The molecule has 180 valence electrons. The smallest absolute Gasteiger partial charge is 0.328 e. The highest BCUT2D eigenvalue weighted by Gasteiger charge is 2.26. The summed E-state index contributed by atoms with van der Waals surface area (Å²) >= 11 is 12.1. The third-order valence-electron chi connectivity index (χ3n) is 5.42. The van der Waals surface area contributed by atoms with Crippen molar-refractivity contribution in [1.82, 2.24) is 5.32 Å². The molecule has 1 amide bonds. The Morgan fingerprint density at radius 2 is 1.71 bits per heavy atom. The van der Waals surface area contributed by atoms with E-state index in [1.54, 1.807) is 14.2 Å². The van der Waals surface area contributed by atoms with Crippen LogP contribution in [0.15, 0.2) is 54.0 Å². The maximum atomic E-state index is 12.8. The fourth-order valence-corrected chi connectivity index (χ4v) is 4.42. The van der Waals surface area contributed by atoms with E-state index in [1.165, 1.54) is 19.2 Å². The van der Waals surface area contributed by atoms with Gasteiger partial charge in [0.2, 0.25) is 0 Å². The van der Waals surface area contributed by atoms with Crippen LogP contribution in [0, 0.1) is 0 Å². The number of ether oxygens (including phenoxy) is 3. The van der Waals surface area contributed by atoms with Crippen molar-refractivity contribution in [2.45, 2.75) is 25.3 Å². The Morgan fingerprint density at radius 1 is 1.06 bits per heavy atom. The van der Waals surface area contributed by atoms with Crippen molar-refractivity contribution in [3.63, 3.8) is 0 Å². The van der Waals surface area contributed by atoms with E-state index < -0.39 is 17.9 Å². The van der Waals surface area contributed by atoms with E-state index in [2.05, 4.69) is 5.32 Å². The molecular formula is C25H25Cl2NO6. The molecule has 2 N–H and O–H groups in total. The van der Waals surface area contributed by atoms with Gasteiger partial charge in [-0.05, 0) is 35.8 Å². The second kappa shape index (κ2) is 11.3. The summed E-state index contributed by atoms with van der Waals surface area (Å²) in [6.45, 7) is 0. The first-order valence-corrected chi connectivity index (χ1v) is 11.2. The first-order valence-electron chi connectivity index (χ1n) is 10.5. The highest BCUT2D eigenvalue weighted by molar-refractivity contribution is 6.40. The minimum absolute atomic E-state index is 0.0350. The Morgan fingerprint density at radius 3 is 2.26 bits per heavy atom. The van der Waals surface area contributed by atoms with Crippen LogP contribution < -0.4 is 5.32 Å². The van der Waals surface area contributed by atoms with Crippen LogP contribution in [0.3, 0.4) is 0 Å². The molecule has 0 radical (unpaired) electrons. The molecule has 34 heavy (non-hydrogen) atoms. The minimum Gasteiger partial charge on any atom is -0.508 e. The summed E-state index contributed by atoms with van der Waals surface area (Å²) in [6.07, 6.45) is 3.81. The molecule has 2 aromatic carbocycles. The predicted molar refractivity (Wildman–Crippen MR) is 130 cm³/mol. The van der Waals surface area contributed by atoms with Gasteiger partial charge in [-0.25, -0.2) is 4.79 Å². The largest absolute Gasteiger partial charge is 0.508 e. The number of rotatable bonds is 8. The zero-order valence-electron chi connectivity index (χ0n) is 19.0. The Hall–Kier alpha value is -3.16. The number of carbonyl (C=O) groups excluding carboxylic acids is 2. The Balaban J connectivity index is 1.83. The van der Waals surface area contributed by atoms with E-state index in [1.807, 2.05) is 30.3 Å². The Kier molecular flexibility index (Phi) is 8.47. The van der Waals surface area contributed by atoms with Crippen LogP contribution in [0.1, 0.15) is 34.3 Å². The van der Waals surface area contributed by atoms with E-state index in [0.717, 1.165) is 41.1 Å². The van der Waals surface area contributed by atoms with E-state index >= 15 is 0 Å². The molecule has 0 heterocycles. The Labute approximate surface area is 207 Å². The second-order valence-electron chi connectivity index (χ2n) is 7.55. The molecule has 0 spiro atoms. The highest BCUT2D eigenvalue weighted by Crippen LogP contribution is 2.34. The molecule has 0 fully saturated rings. The van der Waals surface area contributed by atoms with Crippen molar-refractivity contribution in [2.75, 3.05) is 21.3 Å². The lowest BCUT2D eigenvalue weighted by atomic mass is 9.94. The molecule has 1 aliphatic rings. The number of halogens is 2. The van der Waals surface area contributed by atoms with Crippen molar-refractivity contribution in [3.05, 3.63) is 80.7 Å². The summed E-state index contributed by atoms with van der Waals surface area (Å²) in [5.41, 5.74) is 2.55. The lowest BCUT2D eigenvalue weighted by Gasteiger charge is -2.21. The highest BCUT2D eigenvalue weighted by atomic mass is 35.5. The average molecular weight is 506 g/mol. The van der Waals surface area contributed by atoms with Crippen LogP contribution in [0.2, 0.25) is 10.0 Å². The molecule has 0 aromatic heterocycles. The molecule has 0 bridgehead atoms. The lowest BCUT2D eigenvalue weighted by molar-refractivity contribution is -0.142. The van der Waals surface area contributed by atoms with E-state index in [0.29, 0.717) is 0 Å². The van der Waals surface area contributed by atoms with Gasteiger partial charge in [0.1, 0.15) is 23.3 Å². The van der Waals surface area contributed by atoms with Crippen molar-refractivity contribution < 1.29 is 28.9 Å². The molecule has 0 saturated carbocycles. The number of phenolic OH excluding ortho intramolecular Hbond substituents is 1. The average Bonchev–Trinajstić information content (AvgIpc) is 2.82. The standard InChI is InChI=1S/C25H25Cl2NO6/c1-32-20-5-4-6-21(33-2)22(20)15-9-7-14(8-10-15)11-19(25(31)34-3)28-24(30)23-17(26)12-16(29)13-18(23)27/h5,7-10,12-13,19,29H,4,6,11H2,1-3H3,(H,28,30). The van der Waals surface area contributed by atoms with Crippen LogP contribution in [0.5, 0.6) is 5.75 Å². The molecule has 1 atom stereocenters. The number of nitrogens with one attached hydrogen (secondary N) is 1. The van der Waals surface area contributed by atoms with Gasteiger partial charge >= 0.3 is 5.97 Å². The summed E-state index contributed by atoms with van der Waals surface area (Å²) < 4.78 is 15.9.